The highest BCUT2D eigenvalue weighted by atomic mass is 16.5. The van der Waals surface area contributed by atoms with Gasteiger partial charge in [0.1, 0.15) is 6.33 Å². The molecule has 8 heteroatoms. The standard InChI is InChI=1S/C15H16N6O2/c1-10-8-13(23-19-10)12-5-3-7-21(12)15(22)17-11-4-2-6-20-9-16-18-14(11)20/h2,4,6,8-9,12H,3,5,7H2,1H3,(H,17,22)/t12-/m1/s1. The summed E-state index contributed by atoms with van der Waals surface area (Å²) in [7, 11) is 0. The van der Waals surface area contributed by atoms with Crippen LogP contribution in [0.2, 0.25) is 0 Å². The molecule has 118 valence electrons. The fourth-order valence-electron chi connectivity index (χ4n) is 2.98. The van der Waals surface area contributed by atoms with Crippen molar-refractivity contribution in [2.24, 2.45) is 0 Å². The lowest BCUT2D eigenvalue weighted by Crippen LogP contribution is -2.34. The molecule has 0 bridgehead atoms. The maximum Gasteiger partial charge on any atom is 0.322 e. The Bertz CT molecular complexity index is 854. The number of nitrogens with one attached hydrogen (secondary N) is 1. The molecule has 0 saturated carbocycles. The molecule has 0 spiro atoms. The van der Waals surface area contributed by atoms with Crippen LogP contribution in [0, 0.1) is 6.92 Å². The number of hydrogen-bond donors (Lipinski definition) is 1. The Labute approximate surface area is 132 Å². The molecule has 1 saturated heterocycles. The number of anilines is 1. The first-order chi connectivity index (χ1) is 11.2. The molecule has 3 aromatic heterocycles. The predicted molar refractivity (Wildman–Crippen MR) is 81.9 cm³/mol. The van der Waals surface area contributed by atoms with Crippen LogP contribution in [0.3, 0.4) is 0 Å². The molecule has 3 aromatic rings. The molecular weight excluding hydrogens is 296 g/mol. The zero-order valence-corrected chi connectivity index (χ0v) is 12.6. The van der Waals surface area contributed by atoms with E-state index in [-0.39, 0.29) is 12.1 Å². The van der Waals surface area contributed by atoms with Crippen molar-refractivity contribution in [1.29, 1.82) is 0 Å². The summed E-state index contributed by atoms with van der Waals surface area (Å²) < 4.78 is 7.10. The maximum atomic E-state index is 12.7. The molecule has 1 aliphatic rings. The third kappa shape index (κ3) is 2.41. The summed E-state index contributed by atoms with van der Waals surface area (Å²) in [5, 5.41) is 14.7. The number of urea groups is 1. The van der Waals surface area contributed by atoms with Gasteiger partial charge in [-0.15, -0.1) is 10.2 Å². The first-order valence-electron chi connectivity index (χ1n) is 7.51. The Hall–Kier alpha value is -2.90. The highest BCUT2D eigenvalue weighted by Crippen LogP contribution is 2.32. The van der Waals surface area contributed by atoms with Gasteiger partial charge in [-0.05, 0) is 31.9 Å². The van der Waals surface area contributed by atoms with Crippen molar-refractivity contribution in [2.75, 3.05) is 11.9 Å². The number of pyridine rings is 1. The van der Waals surface area contributed by atoms with Crippen LogP contribution in [0.25, 0.3) is 5.65 Å². The lowest BCUT2D eigenvalue weighted by Gasteiger charge is -2.23. The van der Waals surface area contributed by atoms with Gasteiger partial charge >= 0.3 is 6.03 Å². The number of aromatic nitrogens is 4. The normalized spacial score (nSPS) is 17.8. The van der Waals surface area contributed by atoms with Gasteiger partial charge in [0.2, 0.25) is 0 Å². The third-order valence-electron chi connectivity index (χ3n) is 4.05. The largest absolute Gasteiger partial charge is 0.359 e. The van der Waals surface area contributed by atoms with Crippen LogP contribution in [0.15, 0.2) is 35.2 Å². The van der Waals surface area contributed by atoms with Gasteiger partial charge in [-0.3, -0.25) is 4.40 Å². The Morgan fingerprint density at radius 3 is 3.22 bits per heavy atom. The summed E-state index contributed by atoms with van der Waals surface area (Å²) in [6.45, 7) is 2.56. The van der Waals surface area contributed by atoms with Crippen LogP contribution in [0.4, 0.5) is 10.5 Å². The van der Waals surface area contributed by atoms with Gasteiger partial charge in [-0.1, -0.05) is 5.16 Å². The molecule has 0 aliphatic carbocycles. The minimum atomic E-state index is -0.169. The van der Waals surface area contributed by atoms with E-state index < -0.39 is 0 Å². The van der Waals surface area contributed by atoms with Crippen molar-refractivity contribution in [3.8, 4) is 0 Å². The average Bonchev–Trinajstić information content (AvgIpc) is 3.26. The molecule has 4 heterocycles. The van der Waals surface area contributed by atoms with Gasteiger partial charge in [0.25, 0.3) is 0 Å². The molecular formula is C15H16N6O2. The zero-order chi connectivity index (χ0) is 15.8. The highest BCUT2D eigenvalue weighted by molar-refractivity contribution is 5.93. The monoisotopic (exact) mass is 312 g/mol. The van der Waals surface area contributed by atoms with Crippen LogP contribution < -0.4 is 5.32 Å². The first-order valence-corrected chi connectivity index (χ1v) is 7.51. The van der Waals surface area contributed by atoms with Gasteiger partial charge in [0.15, 0.2) is 11.4 Å². The van der Waals surface area contributed by atoms with Crippen LogP contribution in [0.5, 0.6) is 0 Å². The van der Waals surface area contributed by atoms with Crippen molar-refractivity contribution in [3.63, 3.8) is 0 Å². The molecule has 8 nitrogen and oxygen atoms in total. The van der Waals surface area contributed by atoms with E-state index in [9.17, 15) is 4.79 Å². The summed E-state index contributed by atoms with van der Waals surface area (Å²) in [6, 6.07) is 5.29. The minimum Gasteiger partial charge on any atom is -0.359 e. The van der Waals surface area contributed by atoms with E-state index in [1.807, 2.05) is 31.3 Å². The Kier molecular flexibility index (Phi) is 3.22. The Morgan fingerprint density at radius 2 is 2.39 bits per heavy atom. The zero-order valence-electron chi connectivity index (χ0n) is 12.6. The van der Waals surface area contributed by atoms with E-state index in [1.165, 1.54) is 0 Å². The van der Waals surface area contributed by atoms with Gasteiger partial charge in [0, 0.05) is 18.8 Å². The average molecular weight is 312 g/mol. The van der Waals surface area contributed by atoms with Gasteiger partial charge in [-0.25, -0.2) is 4.79 Å². The SMILES string of the molecule is Cc1cc([C@H]2CCCN2C(=O)Nc2cccn3cnnc23)on1. The lowest BCUT2D eigenvalue weighted by molar-refractivity contribution is 0.195. The molecule has 4 rings (SSSR count). The molecule has 0 unspecified atom stereocenters. The van der Waals surface area contributed by atoms with Crippen LogP contribution in [-0.2, 0) is 0 Å². The van der Waals surface area contributed by atoms with Crippen molar-refractivity contribution < 1.29 is 9.32 Å². The van der Waals surface area contributed by atoms with E-state index in [1.54, 1.807) is 15.6 Å². The quantitative estimate of drug-likeness (QED) is 0.785. The van der Waals surface area contributed by atoms with Crippen molar-refractivity contribution in [3.05, 3.63) is 42.2 Å². The summed E-state index contributed by atoms with van der Waals surface area (Å²) >= 11 is 0. The van der Waals surface area contributed by atoms with Gasteiger partial charge in [0.05, 0.1) is 17.4 Å². The summed E-state index contributed by atoms with van der Waals surface area (Å²) in [6.07, 6.45) is 5.24. The fraction of sp³-hybridized carbons (Fsp3) is 0.333. The number of fused-ring (bicyclic) bond motifs is 1. The Morgan fingerprint density at radius 1 is 1.48 bits per heavy atom. The molecule has 1 fully saturated rings. The maximum absolute atomic E-state index is 12.7. The number of likely N-dealkylation sites (tertiary alicyclic amines) is 1. The van der Waals surface area contributed by atoms with Crippen LogP contribution in [0.1, 0.15) is 30.3 Å². The molecule has 1 aliphatic heterocycles. The van der Waals surface area contributed by atoms with Crippen LogP contribution in [-0.4, -0.2) is 37.2 Å². The number of carbonyl (C=O) groups is 1. The van der Waals surface area contributed by atoms with E-state index in [4.69, 9.17) is 4.52 Å². The molecule has 1 atom stereocenters. The number of aryl methyl sites for hydroxylation is 1. The van der Waals surface area contributed by atoms with E-state index >= 15 is 0 Å². The number of amides is 2. The molecule has 23 heavy (non-hydrogen) atoms. The smallest absolute Gasteiger partial charge is 0.322 e. The van der Waals surface area contributed by atoms with Gasteiger partial charge < -0.3 is 14.7 Å². The number of rotatable bonds is 2. The van der Waals surface area contributed by atoms with Gasteiger partial charge in [-0.2, -0.15) is 0 Å². The number of carbonyl (C=O) groups excluding carboxylic acids is 1. The minimum absolute atomic E-state index is 0.0752. The number of nitrogens with zero attached hydrogens (tertiary/aromatic N) is 5. The second-order valence-electron chi connectivity index (χ2n) is 5.64. The van der Waals surface area contributed by atoms with Crippen LogP contribution >= 0.6 is 0 Å². The highest BCUT2D eigenvalue weighted by Gasteiger charge is 2.33. The summed E-state index contributed by atoms with van der Waals surface area (Å²) in [5.74, 6) is 0.732. The van der Waals surface area contributed by atoms with Crippen molar-refractivity contribution >= 4 is 17.4 Å². The molecule has 0 radical (unpaired) electrons. The van der Waals surface area contributed by atoms with E-state index in [0.717, 1.165) is 24.3 Å². The predicted octanol–water partition coefficient (Wildman–Crippen LogP) is 2.39. The number of hydrogen-bond acceptors (Lipinski definition) is 5. The molecule has 0 aromatic carbocycles. The topological polar surface area (TPSA) is 88.6 Å². The second kappa shape index (κ2) is 5.38. The Balaban J connectivity index is 1.57. The lowest BCUT2D eigenvalue weighted by atomic mass is 10.1. The molecule has 2 amide bonds. The van der Waals surface area contributed by atoms with E-state index in [0.29, 0.717) is 17.9 Å². The molecule has 1 N–H and O–H groups in total. The van der Waals surface area contributed by atoms with Crippen molar-refractivity contribution in [2.45, 2.75) is 25.8 Å². The summed E-state index contributed by atoms with van der Waals surface area (Å²) in [4.78, 5) is 14.4. The summed E-state index contributed by atoms with van der Waals surface area (Å²) in [5.41, 5.74) is 2.07. The first kappa shape index (κ1) is 13.7. The van der Waals surface area contributed by atoms with E-state index in [2.05, 4.69) is 20.7 Å². The third-order valence-corrected chi connectivity index (χ3v) is 4.05. The fourth-order valence-corrected chi connectivity index (χ4v) is 2.98. The van der Waals surface area contributed by atoms with Crippen molar-refractivity contribution in [1.82, 2.24) is 24.7 Å². The second-order valence-corrected chi connectivity index (χ2v) is 5.64.